The minimum absolute atomic E-state index is 0.230. The Morgan fingerprint density at radius 1 is 1.04 bits per heavy atom. The van der Waals surface area contributed by atoms with E-state index >= 15 is 0 Å². The van der Waals surface area contributed by atoms with Crippen LogP contribution in [0.2, 0.25) is 0 Å². The highest BCUT2D eigenvalue weighted by Gasteiger charge is 2.13. The van der Waals surface area contributed by atoms with Crippen LogP contribution in [0.1, 0.15) is 5.56 Å². The molecular formula is C20H17N5O2. The predicted molar refractivity (Wildman–Crippen MR) is 104 cm³/mol. The second kappa shape index (κ2) is 6.21. The first kappa shape index (κ1) is 15.5. The molecule has 2 aromatic heterocycles. The van der Waals surface area contributed by atoms with Gasteiger partial charge in [-0.25, -0.2) is 4.98 Å². The maximum Gasteiger partial charge on any atom is 0.231 e. The van der Waals surface area contributed by atoms with E-state index in [-0.39, 0.29) is 12.7 Å². The summed E-state index contributed by atoms with van der Waals surface area (Å²) in [5.41, 5.74) is 9.86. The van der Waals surface area contributed by atoms with Crippen LogP contribution in [0.4, 0.5) is 11.8 Å². The second-order valence-corrected chi connectivity index (χ2v) is 6.28. The van der Waals surface area contributed by atoms with Gasteiger partial charge in [0, 0.05) is 35.3 Å². The Bertz CT molecular complexity index is 1140. The first-order valence-electron chi connectivity index (χ1n) is 8.60. The van der Waals surface area contributed by atoms with Gasteiger partial charge in [-0.15, -0.1) is 0 Å². The molecule has 1 aliphatic heterocycles. The number of hydrogen-bond donors (Lipinski definition) is 3. The number of nitrogens with two attached hydrogens (primary N) is 1. The Morgan fingerprint density at radius 2 is 1.96 bits per heavy atom. The van der Waals surface area contributed by atoms with Gasteiger partial charge in [-0.2, -0.15) is 4.98 Å². The molecule has 0 amide bonds. The highest BCUT2D eigenvalue weighted by Crippen LogP contribution is 2.33. The van der Waals surface area contributed by atoms with E-state index in [2.05, 4.69) is 20.3 Å². The Morgan fingerprint density at radius 3 is 2.93 bits per heavy atom. The summed E-state index contributed by atoms with van der Waals surface area (Å²) >= 11 is 0. The van der Waals surface area contributed by atoms with E-state index in [9.17, 15) is 0 Å². The Kier molecular flexibility index (Phi) is 3.57. The summed E-state index contributed by atoms with van der Waals surface area (Å²) in [4.78, 5) is 11.9. The maximum absolute atomic E-state index is 5.95. The molecule has 0 bridgehead atoms. The molecule has 0 unspecified atom stereocenters. The number of nitrogen functional groups attached to an aromatic ring is 1. The second-order valence-electron chi connectivity index (χ2n) is 6.28. The number of aromatic nitrogens is 3. The fraction of sp³-hybridized carbons (Fsp3) is 0.100. The van der Waals surface area contributed by atoms with Crippen LogP contribution in [0, 0.1) is 0 Å². The van der Waals surface area contributed by atoms with E-state index in [0.717, 1.165) is 39.2 Å². The standard InChI is InChI=1S/C20H17N5O2/c21-20-24-16(13-2-1-3-15-14(13)6-7-22-15)9-19(25-20)23-10-12-4-5-17-18(8-12)27-11-26-17/h1-9,22H,10-11H2,(H3,21,23,24,25). The number of H-pyrrole nitrogens is 1. The van der Waals surface area contributed by atoms with E-state index in [1.807, 2.05) is 54.7 Å². The maximum atomic E-state index is 5.95. The zero-order valence-electron chi connectivity index (χ0n) is 14.4. The van der Waals surface area contributed by atoms with Crippen LogP contribution >= 0.6 is 0 Å². The molecule has 27 heavy (non-hydrogen) atoms. The third kappa shape index (κ3) is 2.89. The number of rotatable bonds is 4. The van der Waals surface area contributed by atoms with E-state index in [1.165, 1.54) is 0 Å². The number of hydrogen-bond acceptors (Lipinski definition) is 6. The average Bonchev–Trinajstić information content (AvgIpc) is 3.34. The molecule has 2 aromatic carbocycles. The molecule has 134 valence electrons. The SMILES string of the molecule is Nc1nc(NCc2ccc3c(c2)OCO3)cc(-c2cccc3[nH]ccc23)n1. The van der Waals surface area contributed by atoms with Crippen LogP contribution in [-0.4, -0.2) is 21.7 Å². The van der Waals surface area contributed by atoms with Gasteiger partial charge in [-0.3, -0.25) is 0 Å². The lowest BCUT2D eigenvalue weighted by Gasteiger charge is -2.10. The van der Waals surface area contributed by atoms with E-state index < -0.39 is 0 Å². The lowest BCUT2D eigenvalue weighted by Crippen LogP contribution is -2.05. The van der Waals surface area contributed by atoms with Crippen molar-refractivity contribution in [1.82, 2.24) is 15.0 Å². The number of ether oxygens (including phenoxy) is 2. The molecule has 0 saturated carbocycles. The summed E-state index contributed by atoms with van der Waals surface area (Å²) in [6.07, 6.45) is 1.91. The summed E-state index contributed by atoms with van der Waals surface area (Å²) in [7, 11) is 0. The van der Waals surface area contributed by atoms with Crippen LogP contribution in [0.25, 0.3) is 22.2 Å². The molecule has 0 spiro atoms. The fourth-order valence-corrected chi connectivity index (χ4v) is 3.25. The summed E-state index contributed by atoms with van der Waals surface area (Å²) < 4.78 is 10.8. The number of benzene rings is 2. The average molecular weight is 359 g/mol. The van der Waals surface area contributed by atoms with Crippen LogP contribution in [0.3, 0.4) is 0 Å². The fourth-order valence-electron chi connectivity index (χ4n) is 3.25. The van der Waals surface area contributed by atoms with Gasteiger partial charge in [0.1, 0.15) is 5.82 Å². The summed E-state index contributed by atoms with van der Waals surface area (Å²) in [5.74, 6) is 2.43. The number of aromatic amines is 1. The smallest absolute Gasteiger partial charge is 0.231 e. The summed E-state index contributed by atoms with van der Waals surface area (Å²) in [6, 6.07) is 15.8. The molecule has 4 aromatic rings. The van der Waals surface area contributed by atoms with Gasteiger partial charge in [-0.05, 0) is 29.8 Å². The molecule has 0 saturated heterocycles. The summed E-state index contributed by atoms with van der Waals surface area (Å²) in [5, 5.41) is 4.40. The number of nitrogens with zero attached hydrogens (tertiary/aromatic N) is 2. The third-order valence-electron chi connectivity index (χ3n) is 4.52. The van der Waals surface area contributed by atoms with Gasteiger partial charge < -0.3 is 25.5 Å². The van der Waals surface area contributed by atoms with Crippen LogP contribution in [0.15, 0.2) is 54.7 Å². The monoisotopic (exact) mass is 359 g/mol. The molecule has 0 atom stereocenters. The van der Waals surface area contributed by atoms with Crippen molar-refractivity contribution < 1.29 is 9.47 Å². The Hall–Kier alpha value is -3.74. The lowest BCUT2D eigenvalue weighted by atomic mass is 10.1. The topological polar surface area (TPSA) is 98.1 Å². The molecule has 7 nitrogen and oxygen atoms in total. The highest BCUT2D eigenvalue weighted by atomic mass is 16.7. The molecule has 0 radical (unpaired) electrons. The van der Waals surface area contributed by atoms with Gasteiger partial charge in [-0.1, -0.05) is 18.2 Å². The van der Waals surface area contributed by atoms with Crippen molar-refractivity contribution in [3.8, 4) is 22.8 Å². The zero-order valence-corrected chi connectivity index (χ0v) is 14.4. The Balaban J connectivity index is 1.43. The largest absolute Gasteiger partial charge is 0.454 e. The highest BCUT2D eigenvalue weighted by molar-refractivity contribution is 5.94. The van der Waals surface area contributed by atoms with Crippen LogP contribution in [-0.2, 0) is 6.54 Å². The minimum Gasteiger partial charge on any atom is -0.454 e. The van der Waals surface area contributed by atoms with E-state index in [0.29, 0.717) is 12.4 Å². The van der Waals surface area contributed by atoms with Crippen molar-refractivity contribution in [2.24, 2.45) is 0 Å². The van der Waals surface area contributed by atoms with Gasteiger partial charge in [0.2, 0.25) is 12.7 Å². The van der Waals surface area contributed by atoms with Crippen molar-refractivity contribution in [3.63, 3.8) is 0 Å². The quantitative estimate of drug-likeness (QED) is 0.515. The normalized spacial score (nSPS) is 12.4. The molecular weight excluding hydrogens is 342 g/mol. The molecule has 3 heterocycles. The van der Waals surface area contributed by atoms with Gasteiger partial charge in [0.25, 0.3) is 0 Å². The molecule has 5 rings (SSSR count). The van der Waals surface area contributed by atoms with Crippen molar-refractivity contribution in [3.05, 3.63) is 60.3 Å². The summed E-state index contributed by atoms with van der Waals surface area (Å²) in [6.45, 7) is 0.851. The molecule has 0 fully saturated rings. The molecule has 7 heteroatoms. The predicted octanol–water partition coefficient (Wildman–Crippen LogP) is 3.55. The first-order chi connectivity index (χ1) is 13.3. The third-order valence-corrected chi connectivity index (χ3v) is 4.52. The van der Waals surface area contributed by atoms with Crippen molar-refractivity contribution >= 4 is 22.7 Å². The first-order valence-corrected chi connectivity index (χ1v) is 8.60. The van der Waals surface area contributed by atoms with Crippen molar-refractivity contribution in [1.29, 1.82) is 0 Å². The van der Waals surface area contributed by atoms with Gasteiger partial charge in [0.05, 0.1) is 5.69 Å². The minimum atomic E-state index is 0.230. The number of anilines is 2. The van der Waals surface area contributed by atoms with Crippen LogP contribution < -0.4 is 20.5 Å². The van der Waals surface area contributed by atoms with E-state index in [4.69, 9.17) is 15.2 Å². The number of fused-ring (bicyclic) bond motifs is 2. The van der Waals surface area contributed by atoms with Crippen molar-refractivity contribution in [2.75, 3.05) is 17.8 Å². The zero-order chi connectivity index (χ0) is 18.2. The van der Waals surface area contributed by atoms with Crippen molar-refractivity contribution in [2.45, 2.75) is 6.54 Å². The van der Waals surface area contributed by atoms with Gasteiger partial charge in [0.15, 0.2) is 11.5 Å². The molecule has 0 aliphatic carbocycles. The lowest BCUT2D eigenvalue weighted by molar-refractivity contribution is 0.174. The number of nitrogens with one attached hydrogen (secondary N) is 2. The molecule has 4 N–H and O–H groups in total. The molecule has 1 aliphatic rings. The van der Waals surface area contributed by atoms with Crippen LogP contribution in [0.5, 0.6) is 11.5 Å². The van der Waals surface area contributed by atoms with E-state index in [1.54, 1.807) is 0 Å². The van der Waals surface area contributed by atoms with Gasteiger partial charge >= 0.3 is 0 Å². The Labute approximate surface area is 155 Å².